The Balaban J connectivity index is 1.26. The van der Waals surface area contributed by atoms with Crippen molar-refractivity contribution in [3.8, 4) is 0 Å². The Bertz CT molecular complexity index is 848. The number of fused-ring (bicyclic) bond motifs is 1. The Labute approximate surface area is 171 Å². The van der Waals surface area contributed by atoms with Gasteiger partial charge in [0.05, 0.1) is 18.3 Å². The molecule has 0 radical (unpaired) electrons. The van der Waals surface area contributed by atoms with Crippen molar-refractivity contribution in [1.82, 2.24) is 15.2 Å². The predicted octanol–water partition coefficient (Wildman–Crippen LogP) is 3.75. The van der Waals surface area contributed by atoms with Crippen molar-refractivity contribution in [1.29, 1.82) is 0 Å². The maximum Gasteiger partial charge on any atom is 0.317 e. The van der Waals surface area contributed by atoms with Gasteiger partial charge in [-0.3, -0.25) is 4.98 Å². The van der Waals surface area contributed by atoms with Crippen LogP contribution in [0.2, 0.25) is 0 Å². The number of pyridine rings is 1. The van der Waals surface area contributed by atoms with E-state index in [0.717, 1.165) is 36.9 Å². The molecule has 0 spiro atoms. The van der Waals surface area contributed by atoms with Gasteiger partial charge in [-0.1, -0.05) is 18.2 Å². The Morgan fingerprint density at radius 1 is 1.14 bits per heavy atom. The summed E-state index contributed by atoms with van der Waals surface area (Å²) in [6.45, 7) is 1.64. The van der Waals surface area contributed by atoms with Crippen LogP contribution in [0.25, 0.3) is 0 Å². The van der Waals surface area contributed by atoms with E-state index in [1.807, 2.05) is 6.07 Å². The molecule has 29 heavy (non-hydrogen) atoms. The fourth-order valence-electron chi connectivity index (χ4n) is 4.35. The second-order valence-corrected chi connectivity index (χ2v) is 8.10. The summed E-state index contributed by atoms with van der Waals surface area (Å²) in [5, 5.41) is 13.5. The first-order chi connectivity index (χ1) is 14.1. The van der Waals surface area contributed by atoms with Gasteiger partial charge in [0, 0.05) is 18.8 Å². The number of hydrogen-bond donors (Lipinski definition) is 2. The van der Waals surface area contributed by atoms with Crippen LogP contribution in [0.3, 0.4) is 0 Å². The minimum absolute atomic E-state index is 0.0758. The zero-order chi connectivity index (χ0) is 20.2. The number of aliphatic hydroxyl groups is 1. The lowest BCUT2D eigenvalue weighted by Crippen LogP contribution is -2.45. The van der Waals surface area contributed by atoms with Crippen LogP contribution in [-0.2, 0) is 19.4 Å². The summed E-state index contributed by atoms with van der Waals surface area (Å²) in [5.41, 5.74) is 4.15. The highest BCUT2D eigenvalue weighted by molar-refractivity contribution is 5.74. The molecule has 2 aliphatic rings. The van der Waals surface area contributed by atoms with Gasteiger partial charge in [0.25, 0.3) is 0 Å². The lowest BCUT2D eigenvalue weighted by atomic mass is 9.87. The van der Waals surface area contributed by atoms with Gasteiger partial charge in [-0.2, -0.15) is 0 Å². The molecular formula is C23H28FN3O2. The van der Waals surface area contributed by atoms with Gasteiger partial charge in [-0.25, -0.2) is 9.18 Å². The fraction of sp³-hybridized carbons (Fsp3) is 0.478. The summed E-state index contributed by atoms with van der Waals surface area (Å²) in [7, 11) is 0. The molecule has 0 bridgehead atoms. The molecule has 1 atom stereocenters. The molecule has 1 saturated heterocycles. The molecule has 2 amide bonds. The van der Waals surface area contributed by atoms with Gasteiger partial charge in [0.2, 0.25) is 0 Å². The van der Waals surface area contributed by atoms with E-state index in [1.165, 1.54) is 36.2 Å². The number of rotatable bonds is 4. The molecule has 1 fully saturated rings. The van der Waals surface area contributed by atoms with E-state index in [9.17, 15) is 14.3 Å². The molecule has 0 saturated carbocycles. The summed E-state index contributed by atoms with van der Waals surface area (Å²) < 4.78 is 13.1. The van der Waals surface area contributed by atoms with Gasteiger partial charge in [0.1, 0.15) is 5.82 Å². The molecular weight excluding hydrogens is 369 g/mol. The lowest BCUT2D eigenvalue weighted by Gasteiger charge is -2.34. The average molecular weight is 397 g/mol. The first-order valence-electron chi connectivity index (χ1n) is 10.5. The van der Waals surface area contributed by atoms with Gasteiger partial charge in [0.15, 0.2) is 0 Å². The number of aliphatic hydroxyl groups excluding tert-OH is 1. The highest BCUT2D eigenvalue weighted by Gasteiger charge is 2.28. The Morgan fingerprint density at radius 2 is 1.86 bits per heavy atom. The Kier molecular flexibility index (Phi) is 6.09. The third-order valence-electron chi connectivity index (χ3n) is 6.14. The number of nitrogens with zero attached hydrogens (tertiary/aromatic N) is 2. The van der Waals surface area contributed by atoms with E-state index in [1.54, 1.807) is 17.0 Å². The predicted molar refractivity (Wildman–Crippen MR) is 109 cm³/mol. The number of carbonyl (C=O) groups is 1. The summed E-state index contributed by atoms with van der Waals surface area (Å²) in [6.07, 6.45) is 5.38. The zero-order valence-electron chi connectivity index (χ0n) is 16.6. The maximum atomic E-state index is 13.1. The number of piperidine rings is 1. The van der Waals surface area contributed by atoms with Crippen molar-refractivity contribution in [2.75, 3.05) is 13.1 Å². The molecule has 1 aromatic heterocycles. The summed E-state index contributed by atoms with van der Waals surface area (Å²) in [6, 6.07) is 10.1. The van der Waals surface area contributed by atoms with Crippen LogP contribution >= 0.6 is 0 Å². The molecule has 1 unspecified atom stereocenters. The highest BCUT2D eigenvalue weighted by Crippen LogP contribution is 2.30. The van der Waals surface area contributed by atoms with E-state index in [4.69, 9.17) is 4.98 Å². The smallest absolute Gasteiger partial charge is 0.317 e. The minimum Gasteiger partial charge on any atom is -0.388 e. The van der Waals surface area contributed by atoms with Crippen LogP contribution in [0, 0.1) is 11.7 Å². The molecule has 154 valence electrons. The van der Waals surface area contributed by atoms with E-state index in [2.05, 4.69) is 11.4 Å². The van der Waals surface area contributed by atoms with Crippen LogP contribution in [0.5, 0.6) is 0 Å². The van der Waals surface area contributed by atoms with Crippen LogP contribution in [0.1, 0.15) is 54.3 Å². The number of likely N-dealkylation sites (tertiary alicyclic amines) is 1. The third kappa shape index (κ3) is 4.75. The van der Waals surface area contributed by atoms with Crippen molar-refractivity contribution in [2.24, 2.45) is 5.92 Å². The van der Waals surface area contributed by atoms with Crippen molar-refractivity contribution in [3.63, 3.8) is 0 Å². The van der Waals surface area contributed by atoms with Gasteiger partial charge in [-0.05, 0) is 73.8 Å². The van der Waals surface area contributed by atoms with E-state index >= 15 is 0 Å². The number of hydrogen-bond acceptors (Lipinski definition) is 3. The number of amides is 2. The first kappa shape index (κ1) is 19.8. The molecule has 2 N–H and O–H groups in total. The van der Waals surface area contributed by atoms with E-state index < -0.39 is 6.10 Å². The summed E-state index contributed by atoms with van der Waals surface area (Å²) >= 11 is 0. The van der Waals surface area contributed by atoms with Crippen molar-refractivity contribution in [3.05, 3.63) is 64.7 Å². The van der Waals surface area contributed by atoms with Gasteiger partial charge < -0.3 is 15.3 Å². The largest absolute Gasteiger partial charge is 0.388 e. The molecule has 2 aromatic rings. The molecule has 5 nitrogen and oxygen atoms in total. The number of halogens is 1. The Morgan fingerprint density at radius 3 is 2.62 bits per heavy atom. The van der Waals surface area contributed by atoms with Crippen LogP contribution in [0.4, 0.5) is 9.18 Å². The first-order valence-corrected chi connectivity index (χ1v) is 10.5. The minimum atomic E-state index is -0.625. The second kappa shape index (κ2) is 8.91. The quantitative estimate of drug-likeness (QED) is 0.826. The topological polar surface area (TPSA) is 65.5 Å². The molecule has 2 heterocycles. The van der Waals surface area contributed by atoms with Crippen LogP contribution in [0.15, 0.2) is 36.4 Å². The van der Waals surface area contributed by atoms with Gasteiger partial charge >= 0.3 is 6.03 Å². The van der Waals surface area contributed by atoms with E-state index in [-0.39, 0.29) is 17.8 Å². The normalized spacial score (nSPS) is 18.2. The molecule has 1 aromatic carbocycles. The van der Waals surface area contributed by atoms with E-state index in [0.29, 0.717) is 19.6 Å². The number of aryl methyl sites for hydroxylation is 2. The van der Waals surface area contributed by atoms with Crippen molar-refractivity contribution < 1.29 is 14.3 Å². The summed E-state index contributed by atoms with van der Waals surface area (Å²) in [4.78, 5) is 19.0. The molecule has 6 heteroatoms. The number of aromatic nitrogens is 1. The van der Waals surface area contributed by atoms with Gasteiger partial charge in [-0.15, -0.1) is 0 Å². The number of nitrogens with one attached hydrogen (secondary N) is 1. The number of benzene rings is 1. The fourth-order valence-corrected chi connectivity index (χ4v) is 4.35. The molecule has 4 rings (SSSR count). The number of urea groups is 1. The van der Waals surface area contributed by atoms with Crippen molar-refractivity contribution >= 4 is 6.03 Å². The van der Waals surface area contributed by atoms with Crippen LogP contribution < -0.4 is 5.32 Å². The third-order valence-corrected chi connectivity index (χ3v) is 6.14. The lowest BCUT2D eigenvalue weighted by molar-refractivity contribution is 0.0664. The zero-order valence-corrected chi connectivity index (χ0v) is 16.6. The summed E-state index contributed by atoms with van der Waals surface area (Å²) in [5.74, 6) is -0.229. The molecule has 1 aliphatic carbocycles. The monoisotopic (exact) mass is 397 g/mol. The number of carbonyl (C=O) groups excluding carboxylic acids is 1. The SMILES string of the molecule is O=C(NCc1ccc2c(n1)CCCC2)N1CCC(C(O)c2ccc(F)cc2)CC1. The molecule has 1 aliphatic heterocycles. The van der Waals surface area contributed by atoms with Crippen molar-refractivity contribution in [2.45, 2.75) is 51.2 Å². The maximum absolute atomic E-state index is 13.1. The Hall–Kier alpha value is -2.47. The average Bonchev–Trinajstić information content (AvgIpc) is 2.77. The van der Waals surface area contributed by atoms with Crippen LogP contribution in [-0.4, -0.2) is 34.1 Å². The standard InChI is InChI=1S/C23H28FN3O2/c24-19-8-5-17(6-9-19)22(28)18-11-13-27(14-12-18)23(29)25-15-20-10-7-16-3-1-2-4-21(16)26-20/h5-10,18,22,28H,1-4,11-15H2,(H,25,29). The highest BCUT2D eigenvalue weighted by atomic mass is 19.1. The second-order valence-electron chi connectivity index (χ2n) is 8.10.